The molecule has 2 rings (SSSR count). The quantitative estimate of drug-likeness (QED) is 0.832. The van der Waals surface area contributed by atoms with Crippen LogP contribution >= 0.6 is 0 Å². The lowest BCUT2D eigenvalue weighted by molar-refractivity contribution is -0.139. The van der Waals surface area contributed by atoms with E-state index in [9.17, 15) is 14.7 Å². The molecule has 144 valence electrons. The molecule has 0 saturated carbocycles. The Bertz CT molecular complexity index is 634. The lowest BCUT2D eigenvalue weighted by atomic mass is 10.0. The van der Waals surface area contributed by atoms with Crippen LogP contribution < -0.4 is 10.2 Å². The fourth-order valence-electron chi connectivity index (χ4n) is 2.91. The zero-order chi connectivity index (χ0) is 19.3. The van der Waals surface area contributed by atoms with Gasteiger partial charge in [0.2, 0.25) is 0 Å². The van der Waals surface area contributed by atoms with Crippen LogP contribution in [0.5, 0.6) is 0 Å². The van der Waals surface area contributed by atoms with E-state index in [0.29, 0.717) is 0 Å². The Labute approximate surface area is 154 Å². The van der Waals surface area contributed by atoms with E-state index in [4.69, 9.17) is 4.74 Å². The lowest BCUT2D eigenvalue weighted by Crippen LogP contribution is -2.46. The topological polar surface area (TPSA) is 82.1 Å². The summed E-state index contributed by atoms with van der Waals surface area (Å²) in [5.74, 6) is -1.08. The first-order chi connectivity index (χ1) is 12.2. The molecule has 1 atom stereocenters. The number of carboxylic acid groups (broad SMARTS) is 1. The van der Waals surface area contributed by atoms with Gasteiger partial charge in [-0.2, -0.15) is 0 Å². The zero-order valence-corrected chi connectivity index (χ0v) is 16.0. The Morgan fingerprint density at radius 1 is 1.19 bits per heavy atom. The summed E-state index contributed by atoms with van der Waals surface area (Å²) in [6.45, 7) is 8.94. The van der Waals surface area contributed by atoms with E-state index in [-0.39, 0.29) is 6.42 Å². The van der Waals surface area contributed by atoms with E-state index in [1.54, 1.807) is 20.8 Å². The van der Waals surface area contributed by atoms with Crippen LogP contribution in [0.3, 0.4) is 0 Å². The lowest BCUT2D eigenvalue weighted by Gasteiger charge is -2.35. The number of benzene rings is 1. The Morgan fingerprint density at radius 2 is 1.81 bits per heavy atom. The van der Waals surface area contributed by atoms with Crippen LogP contribution in [0.25, 0.3) is 0 Å². The maximum absolute atomic E-state index is 12.0. The number of ether oxygens (including phenoxy) is 1. The van der Waals surface area contributed by atoms with Crippen molar-refractivity contribution in [2.75, 3.05) is 38.1 Å². The molecule has 7 nitrogen and oxygen atoms in total. The highest BCUT2D eigenvalue weighted by Crippen LogP contribution is 2.23. The number of carboxylic acids is 1. The van der Waals surface area contributed by atoms with E-state index in [1.807, 2.05) is 24.3 Å². The summed E-state index contributed by atoms with van der Waals surface area (Å²) < 4.78 is 5.19. The maximum atomic E-state index is 12.0. The molecule has 1 amide bonds. The Hall–Kier alpha value is -2.28. The van der Waals surface area contributed by atoms with Crippen molar-refractivity contribution in [3.63, 3.8) is 0 Å². The number of para-hydroxylation sites is 1. The van der Waals surface area contributed by atoms with Gasteiger partial charge < -0.3 is 25.0 Å². The summed E-state index contributed by atoms with van der Waals surface area (Å²) >= 11 is 0. The van der Waals surface area contributed by atoms with E-state index in [0.717, 1.165) is 37.4 Å². The highest BCUT2D eigenvalue weighted by Gasteiger charge is 2.26. The molecule has 1 aliphatic heterocycles. The normalized spacial score (nSPS) is 16.8. The number of alkyl carbamates (subject to hydrolysis) is 1. The largest absolute Gasteiger partial charge is 0.480 e. The maximum Gasteiger partial charge on any atom is 0.408 e. The van der Waals surface area contributed by atoms with Gasteiger partial charge in [-0.3, -0.25) is 0 Å². The number of aliphatic carboxylic acids is 1. The van der Waals surface area contributed by atoms with Gasteiger partial charge in [-0.25, -0.2) is 9.59 Å². The number of nitrogens with zero attached hydrogens (tertiary/aromatic N) is 2. The van der Waals surface area contributed by atoms with Crippen LogP contribution in [-0.4, -0.2) is 66.9 Å². The van der Waals surface area contributed by atoms with Crippen molar-refractivity contribution in [2.24, 2.45) is 0 Å². The molecule has 0 radical (unpaired) electrons. The molecule has 0 bridgehead atoms. The van der Waals surface area contributed by atoms with Gasteiger partial charge in [-0.15, -0.1) is 0 Å². The van der Waals surface area contributed by atoms with Gasteiger partial charge in [-0.05, 0) is 39.4 Å². The monoisotopic (exact) mass is 363 g/mol. The van der Waals surface area contributed by atoms with Gasteiger partial charge in [0.1, 0.15) is 11.6 Å². The summed E-state index contributed by atoms with van der Waals surface area (Å²) in [6, 6.07) is 6.72. The number of hydrogen-bond acceptors (Lipinski definition) is 5. The third-order valence-corrected chi connectivity index (χ3v) is 4.25. The number of hydrogen-bond donors (Lipinski definition) is 2. The zero-order valence-electron chi connectivity index (χ0n) is 16.0. The minimum atomic E-state index is -1.08. The van der Waals surface area contributed by atoms with Crippen molar-refractivity contribution in [2.45, 2.75) is 38.8 Å². The molecule has 2 N–H and O–H groups in total. The van der Waals surface area contributed by atoms with Gasteiger partial charge in [0.25, 0.3) is 0 Å². The van der Waals surface area contributed by atoms with Crippen LogP contribution in [0, 0.1) is 0 Å². The molecule has 1 aromatic rings. The first-order valence-corrected chi connectivity index (χ1v) is 8.89. The van der Waals surface area contributed by atoms with Crippen LogP contribution in [-0.2, 0) is 16.0 Å². The minimum Gasteiger partial charge on any atom is -0.480 e. The van der Waals surface area contributed by atoms with Crippen molar-refractivity contribution >= 4 is 17.7 Å². The van der Waals surface area contributed by atoms with Gasteiger partial charge in [0, 0.05) is 38.3 Å². The molecule has 26 heavy (non-hydrogen) atoms. The van der Waals surface area contributed by atoms with Crippen molar-refractivity contribution < 1.29 is 19.4 Å². The molecular formula is C19H29N3O4. The van der Waals surface area contributed by atoms with Gasteiger partial charge in [0.15, 0.2) is 0 Å². The Balaban J connectivity index is 2.11. The SMILES string of the molecule is CN1CCN(c2ccccc2CC(NC(=O)OC(C)(C)C)C(=O)O)CC1. The third-order valence-electron chi connectivity index (χ3n) is 4.25. The van der Waals surface area contributed by atoms with E-state index in [1.165, 1.54) is 0 Å². The molecule has 7 heteroatoms. The van der Waals surface area contributed by atoms with Crippen LogP contribution in [0.1, 0.15) is 26.3 Å². The molecular weight excluding hydrogens is 334 g/mol. The van der Waals surface area contributed by atoms with Crippen molar-refractivity contribution in [1.29, 1.82) is 0 Å². The molecule has 0 aliphatic carbocycles. The molecule has 0 spiro atoms. The molecule has 1 fully saturated rings. The number of carbonyl (C=O) groups is 2. The molecule has 1 heterocycles. The molecule has 1 aromatic carbocycles. The van der Waals surface area contributed by atoms with Crippen LogP contribution in [0.15, 0.2) is 24.3 Å². The van der Waals surface area contributed by atoms with Crippen LogP contribution in [0.4, 0.5) is 10.5 Å². The molecule has 1 aliphatic rings. The van der Waals surface area contributed by atoms with E-state index >= 15 is 0 Å². The van der Waals surface area contributed by atoms with Gasteiger partial charge in [-0.1, -0.05) is 18.2 Å². The summed E-state index contributed by atoms with van der Waals surface area (Å²) in [5.41, 5.74) is 1.25. The number of piperazine rings is 1. The number of rotatable bonds is 5. The fraction of sp³-hybridized carbons (Fsp3) is 0.579. The third kappa shape index (κ3) is 5.91. The van der Waals surface area contributed by atoms with Crippen molar-refractivity contribution in [3.05, 3.63) is 29.8 Å². The summed E-state index contributed by atoms with van der Waals surface area (Å²) in [4.78, 5) is 28.2. The number of likely N-dealkylation sites (N-methyl/N-ethyl adjacent to an activating group) is 1. The summed E-state index contributed by atoms with van der Waals surface area (Å²) in [6.07, 6.45) is -0.515. The predicted octanol–water partition coefficient (Wildman–Crippen LogP) is 1.96. The summed E-state index contributed by atoms with van der Waals surface area (Å²) in [7, 11) is 2.09. The second-order valence-corrected chi connectivity index (χ2v) is 7.66. The number of amides is 1. The van der Waals surface area contributed by atoms with Crippen molar-refractivity contribution in [3.8, 4) is 0 Å². The summed E-state index contributed by atoms with van der Waals surface area (Å²) in [5, 5.41) is 12.0. The Kier molecular flexibility index (Phi) is 6.47. The smallest absolute Gasteiger partial charge is 0.408 e. The number of nitrogens with one attached hydrogen (secondary N) is 1. The minimum absolute atomic E-state index is 0.205. The predicted molar refractivity (Wildman–Crippen MR) is 101 cm³/mol. The number of anilines is 1. The standard InChI is InChI=1S/C19H29N3O4/c1-19(2,3)26-18(25)20-15(17(23)24)13-14-7-5-6-8-16(14)22-11-9-21(4)10-12-22/h5-8,15H,9-13H2,1-4H3,(H,20,25)(H,23,24). The first kappa shape index (κ1) is 20.0. The van der Waals surface area contributed by atoms with Gasteiger partial charge in [0.05, 0.1) is 0 Å². The van der Waals surface area contributed by atoms with Crippen LogP contribution in [0.2, 0.25) is 0 Å². The number of carbonyl (C=O) groups excluding carboxylic acids is 1. The van der Waals surface area contributed by atoms with Crippen molar-refractivity contribution in [1.82, 2.24) is 10.2 Å². The first-order valence-electron chi connectivity index (χ1n) is 8.89. The average molecular weight is 363 g/mol. The molecule has 1 unspecified atom stereocenters. The second-order valence-electron chi connectivity index (χ2n) is 7.66. The fourth-order valence-corrected chi connectivity index (χ4v) is 2.91. The average Bonchev–Trinajstić information content (AvgIpc) is 2.54. The second kappa shape index (κ2) is 8.40. The molecule has 0 aromatic heterocycles. The van der Waals surface area contributed by atoms with E-state index < -0.39 is 23.7 Å². The highest BCUT2D eigenvalue weighted by atomic mass is 16.6. The Morgan fingerprint density at radius 3 is 2.38 bits per heavy atom. The molecule has 1 saturated heterocycles. The van der Waals surface area contributed by atoms with Gasteiger partial charge >= 0.3 is 12.1 Å². The van der Waals surface area contributed by atoms with E-state index in [2.05, 4.69) is 22.2 Å². The highest BCUT2D eigenvalue weighted by molar-refractivity contribution is 5.80.